The molecule has 3 unspecified atom stereocenters. The van der Waals surface area contributed by atoms with Gasteiger partial charge in [-0.1, -0.05) is 70.0 Å². The summed E-state index contributed by atoms with van der Waals surface area (Å²) in [5.74, 6) is 1.50. The van der Waals surface area contributed by atoms with Crippen molar-refractivity contribution in [3.63, 3.8) is 0 Å². The average Bonchev–Trinajstić information content (AvgIpc) is 3.23. The minimum Gasteiger partial charge on any atom is -0.0884 e. The van der Waals surface area contributed by atoms with Crippen LogP contribution >= 0.6 is 27.5 Å². The molecule has 0 N–H and O–H groups in total. The summed E-state index contributed by atoms with van der Waals surface area (Å²) < 4.78 is 0. The zero-order valence-electron chi connectivity index (χ0n) is 10.6. The summed E-state index contributed by atoms with van der Waals surface area (Å²) in [4.78, 5) is 0.555. The maximum absolute atomic E-state index is 5.91. The molecule has 0 aliphatic heterocycles. The molecular formula is C17H16BrCl. The van der Waals surface area contributed by atoms with Gasteiger partial charge in [-0.05, 0) is 47.9 Å². The number of hydrogen-bond acceptors (Lipinski definition) is 0. The standard InChI is InChI=1S/C17H16BrCl/c18-17(10-12-6-8-14(19)9-7-12)16-11-15(16)13-4-2-1-3-5-13/h1-9,15-17H,10-11H2. The number of alkyl halides is 1. The van der Waals surface area contributed by atoms with Crippen LogP contribution in [0.3, 0.4) is 0 Å². The third-order valence-electron chi connectivity index (χ3n) is 3.88. The molecule has 1 aliphatic carbocycles. The molecule has 2 heteroatoms. The van der Waals surface area contributed by atoms with Gasteiger partial charge in [-0.2, -0.15) is 0 Å². The van der Waals surface area contributed by atoms with Gasteiger partial charge < -0.3 is 0 Å². The third kappa shape index (κ3) is 3.21. The molecule has 0 spiro atoms. The second-order valence-corrected chi connectivity index (χ2v) is 6.88. The fourth-order valence-corrected chi connectivity index (χ4v) is 3.78. The Morgan fingerprint density at radius 1 is 1.05 bits per heavy atom. The van der Waals surface area contributed by atoms with Crippen molar-refractivity contribution in [3.05, 3.63) is 70.7 Å². The highest BCUT2D eigenvalue weighted by Gasteiger charge is 2.42. The van der Waals surface area contributed by atoms with Gasteiger partial charge in [-0.3, -0.25) is 0 Å². The van der Waals surface area contributed by atoms with Crippen molar-refractivity contribution in [2.45, 2.75) is 23.6 Å². The van der Waals surface area contributed by atoms with E-state index >= 15 is 0 Å². The van der Waals surface area contributed by atoms with E-state index in [-0.39, 0.29) is 0 Å². The Morgan fingerprint density at radius 2 is 1.74 bits per heavy atom. The van der Waals surface area contributed by atoms with E-state index in [1.165, 1.54) is 17.5 Å². The van der Waals surface area contributed by atoms with Gasteiger partial charge in [0.1, 0.15) is 0 Å². The molecule has 0 radical (unpaired) electrons. The highest BCUT2D eigenvalue weighted by Crippen LogP contribution is 2.52. The molecule has 2 aromatic carbocycles. The van der Waals surface area contributed by atoms with Crippen molar-refractivity contribution in [2.75, 3.05) is 0 Å². The van der Waals surface area contributed by atoms with E-state index in [9.17, 15) is 0 Å². The van der Waals surface area contributed by atoms with Gasteiger partial charge >= 0.3 is 0 Å². The first-order valence-corrected chi connectivity index (χ1v) is 7.97. The van der Waals surface area contributed by atoms with Crippen molar-refractivity contribution in [2.24, 2.45) is 5.92 Å². The molecule has 98 valence electrons. The predicted octanol–water partition coefficient (Wildman–Crippen LogP) is 5.45. The summed E-state index contributed by atoms with van der Waals surface area (Å²) in [5.41, 5.74) is 2.83. The Labute approximate surface area is 127 Å². The van der Waals surface area contributed by atoms with Crippen LogP contribution in [0.5, 0.6) is 0 Å². The molecule has 1 saturated carbocycles. The smallest absolute Gasteiger partial charge is 0.0406 e. The van der Waals surface area contributed by atoms with Crippen LogP contribution in [-0.2, 0) is 6.42 Å². The summed E-state index contributed by atoms with van der Waals surface area (Å²) in [6, 6.07) is 19.0. The van der Waals surface area contributed by atoms with Crippen molar-refractivity contribution in [3.8, 4) is 0 Å². The van der Waals surface area contributed by atoms with E-state index in [1.54, 1.807) is 0 Å². The highest BCUT2D eigenvalue weighted by atomic mass is 79.9. The van der Waals surface area contributed by atoms with E-state index in [2.05, 4.69) is 58.4 Å². The van der Waals surface area contributed by atoms with Crippen LogP contribution in [0.15, 0.2) is 54.6 Å². The SMILES string of the molecule is Clc1ccc(CC(Br)C2CC2c2ccccc2)cc1. The zero-order chi connectivity index (χ0) is 13.2. The molecule has 0 nitrogen and oxygen atoms in total. The lowest BCUT2D eigenvalue weighted by atomic mass is 10.0. The Balaban J connectivity index is 1.61. The minimum absolute atomic E-state index is 0.555. The van der Waals surface area contributed by atoms with Crippen LogP contribution in [0.1, 0.15) is 23.5 Å². The van der Waals surface area contributed by atoms with Crippen molar-refractivity contribution in [1.82, 2.24) is 0 Å². The molecule has 0 aromatic heterocycles. The molecule has 1 fully saturated rings. The first-order chi connectivity index (χ1) is 9.24. The number of benzene rings is 2. The van der Waals surface area contributed by atoms with Gasteiger partial charge in [-0.25, -0.2) is 0 Å². The lowest BCUT2D eigenvalue weighted by Crippen LogP contribution is -2.06. The summed E-state index contributed by atoms with van der Waals surface area (Å²) in [7, 11) is 0. The topological polar surface area (TPSA) is 0 Å². The van der Waals surface area contributed by atoms with E-state index < -0.39 is 0 Å². The molecule has 0 bridgehead atoms. The molecule has 0 heterocycles. The van der Waals surface area contributed by atoms with E-state index in [4.69, 9.17) is 11.6 Å². The quantitative estimate of drug-likeness (QED) is 0.652. The van der Waals surface area contributed by atoms with Gasteiger partial charge in [0.15, 0.2) is 0 Å². The Bertz CT molecular complexity index is 535. The molecule has 0 saturated heterocycles. The average molecular weight is 336 g/mol. The lowest BCUT2D eigenvalue weighted by molar-refractivity contribution is 0.735. The van der Waals surface area contributed by atoms with Crippen LogP contribution < -0.4 is 0 Å². The van der Waals surface area contributed by atoms with Crippen LogP contribution in [0.2, 0.25) is 5.02 Å². The molecule has 1 aliphatic rings. The molecule has 3 atom stereocenters. The summed E-state index contributed by atoms with van der Waals surface area (Å²) in [6.45, 7) is 0. The van der Waals surface area contributed by atoms with Crippen molar-refractivity contribution >= 4 is 27.5 Å². The first-order valence-electron chi connectivity index (χ1n) is 6.67. The van der Waals surface area contributed by atoms with Crippen LogP contribution in [-0.4, -0.2) is 4.83 Å². The van der Waals surface area contributed by atoms with Gasteiger partial charge in [0.25, 0.3) is 0 Å². The monoisotopic (exact) mass is 334 g/mol. The van der Waals surface area contributed by atoms with E-state index in [1.807, 2.05) is 12.1 Å². The minimum atomic E-state index is 0.555. The summed E-state index contributed by atoms with van der Waals surface area (Å²) in [6.07, 6.45) is 2.37. The second-order valence-electron chi connectivity index (χ2n) is 5.26. The Hall–Kier alpha value is -0.790. The summed E-state index contributed by atoms with van der Waals surface area (Å²) >= 11 is 9.78. The van der Waals surface area contributed by atoms with Crippen molar-refractivity contribution < 1.29 is 0 Å². The van der Waals surface area contributed by atoms with Crippen molar-refractivity contribution in [1.29, 1.82) is 0 Å². The maximum atomic E-state index is 5.91. The number of hydrogen-bond donors (Lipinski definition) is 0. The van der Waals surface area contributed by atoms with Gasteiger partial charge in [0.05, 0.1) is 0 Å². The van der Waals surface area contributed by atoms with Crippen LogP contribution in [0.25, 0.3) is 0 Å². The summed E-state index contributed by atoms with van der Waals surface area (Å²) in [5, 5.41) is 0.809. The molecule has 19 heavy (non-hydrogen) atoms. The van der Waals surface area contributed by atoms with Gasteiger partial charge in [-0.15, -0.1) is 0 Å². The normalized spacial score (nSPS) is 23.1. The highest BCUT2D eigenvalue weighted by molar-refractivity contribution is 9.09. The van der Waals surface area contributed by atoms with E-state index in [0.717, 1.165) is 23.3 Å². The molecule has 0 amide bonds. The van der Waals surface area contributed by atoms with E-state index in [0.29, 0.717) is 4.83 Å². The van der Waals surface area contributed by atoms with Gasteiger partial charge in [0.2, 0.25) is 0 Å². The van der Waals surface area contributed by atoms with Gasteiger partial charge in [0, 0.05) is 9.85 Å². The third-order valence-corrected chi connectivity index (χ3v) is 5.13. The second kappa shape index (κ2) is 5.68. The largest absolute Gasteiger partial charge is 0.0884 e. The first kappa shape index (κ1) is 13.2. The Morgan fingerprint density at radius 3 is 2.42 bits per heavy atom. The lowest BCUT2D eigenvalue weighted by Gasteiger charge is -2.10. The number of halogens is 2. The van der Waals surface area contributed by atoms with Crippen LogP contribution in [0.4, 0.5) is 0 Å². The number of rotatable bonds is 4. The fraction of sp³-hybridized carbons (Fsp3) is 0.294. The molecule has 3 rings (SSSR count). The molecular weight excluding hydrogens is 320 g/mol. The molecule has 2 aromatic rings. The maximum Gasteiger partial charge on any atom is 0.0406 e. The van der Waals surface area contributed by atoms with Crippen LogP contribution in [0, 0.1) is 5.92 Å². The predicted molar refractivity (Wildman–Crippen MR) is 85.2 cm³/mol. The zero-order valence-corrected chi connectivity index (χ0v) is 12.9. The Kier molecular flexibility index (Phi) is 3.95. The fourth-order valence-electron chi connectivity index (χ4n) is 2.69.